The minimum atomic E-state index is 0.479. The number of aromatic amines is 1. The molecule has 1 aromatic heterocycles. The number of H-pyrrole nitrogens is 1. The summed E-state index contributed by atoms with van der Waals surface area (Å²) in [6.45, 7) is 4.49. The minimum absolute atomic E-state index is 0.479. The first-order valence-electron chi connectivity index (χ1n) is 7.90. The third kappa shape index (κ3) is 5.17. The van der Waals surface area contributed by atoms with Crippen LogP contribution in [0.2, 0.25) is 0 Å². The van der Waals surface area contributed by atoms with Gasteiger partial charge in [-0.1, -0.05) is 51.2 Å². The molecule has 0 radical (unpaired) electrons. The fourth-order valence-electron chi connectivity index (χ4n) is 2.44. The first kappa shape index (κ1) is 15.5. The minimum Gasteiger partial charge on any atom is -0.383 e. The number of hydrogen-bond acceptors (Lipinski definition) is 4. The fourth-order valence-corrected chi connectivity index (χ4v) is 2.44. The molecule has 0 amide bonds. The van der Waals surface area contributed by atoms with Gasteiger partial charge in [-0.25, -0.2) is 0 Å². The highest BCUT2D eigenvalue weighted by molar-refractivity contribution is 5.61. The lowest BCUT2D eigenvalue weighted by molar-refractivity contribution is 0.578. The van der Waals surface area contributed by atoms with E-state index in [9.17, 15) is 0 Å². The SMILES string of the molecule is CCCCCCCC(C)Nc1cccc(-c2nn[nH]n2)c1. The Morgan fingerprint density at radius 2 is 2.05 bits per heavy atom. The molecule has 0 aliphatic heterocycles. The second-order valence-electron chi connectivity index (χ2n) is 5.56. The van der Waals surface area contributed by atoms with Gasteiger partial charge in [-0.3, -0.25) is 0 Å². The van der Waals surface area contributed by atoms with Crippen LogP contribution in [0, 0.1) is 0 Å². The number of aromatic nitrogens is 4. The molecular weight excluding hydrogens is 262 g/mol. The van der Waals surface area contributed by atoms with Crippen LogP contribution in [0.25, 0.3) is 11.4 Å². The van der Waals surface area contributed by atoms with E-state index in [-0.39, 0.29) is 0 Å². The number of benzene rings is 1. The van der Waals surface area contributed by atoms with Gasteiger partial charge >= 0.3 is 0 Å². The standard InChI is InChI=1S/C16H25N5/c1-3-4-5-6-7-9-13(2)17-15-11-8-10-14(12-15)16-18-20-21-19-16/h8,10-13,17H,3-7,9H2,1-2H3,(H,18,19,20,21). The van der Waals surface area contributed by atoms with Gasteiger partial charge in [-0.2, -0.15) is 5.21 Å². The molecule has 1 aromatic carbocycles. The molecule has 0 saturated heterocycles. The highest BCUT2D eigenvalue weighted by Crippen LogP contribution is 2.19. The van der Waals surface area contributed by atoms with Crippen LogP contribution in [-0.2, 0) is 0 Å². The maximum Gasteiger partial charge on any atom is 0.204 e. The average Bonchev–Trinajstić information content (AvgIpc) is 3.01. The normalized spacial score (nSPS) is 12.3. The lowest BCUT2D eigenvalue weighted by Gasteiger charge is -2.15. The Bertz CT molecular complexity index is 509. The van der Waals surface area contributed by atoms with Gasteiger partial charge in [0.1, 0.15) is 0 Å². The van der Waals surface area contributed by atoms with E-state index in [1.807, 2.05) is 12.1 Å². The van der Waals surface area contributed by atoms with Crippen molar-refractivity contribution in [3.05, 3.63) is 24.3 Å². The van der Waals surface area contributed by atoms with Crippen LogP contribution in [0.15, 0.2) is 24.3 Å². The summed E-state index contributed by atoms with van der Waals surface area (Å²) < 4.78 is 0. The third-order valence-corrected chi connectivity index (χ3v) is 3.62. The van der Waals surface area contributed by atoms with Crippen LogP contribution in [0.3, 0.4) is 0 Å². The molecule has 5 heteroatoms. The van der Waals surface area contributed by atoms with Crippen molar-refractivity contribution < 1.29 is 0 Å². The number of nitrogens with one attached hydrogen (secondary N) is 2. The summed E-state index contributed by atoms with van der Waals surface area (Å²) in [4.78, 5) is 0. The second-order valence-corrected chi connectivity index (χ2v) is 5.56. The highest BCUT2D eigenvalue weighted by Gasteiger charge is 2.06. The summed E-state index contributed by atoms with van der Waals surface area (Å²) in [5.74, 6) is 0.630. The molecule has 0 aliphatic rings. The molecule has 114 valence electrons. The van der Waals surface area contributed by atoms with Gasteiger partial charge in [0.15, 0.2) is 0 Å². The van der Waals surface area contributed by atoms with E-state index in [2.05, 4.69) is 51.9 Å². The van der Waals surface area contributed by atoms with Crippen molar-refractivity contribution in [2.75, 3.05) is 5.32 Å². The quantitative estimate of drug-likeness (QED) is 0.683. The zero-order valence-corrected chi connectivity index (χ0v) is 13.0. The molecule has 5 nitrogen and oxygen atoms in total. The largest absolute Gasteiger partial charge is 0.383 e. The Balaban J connectivity index is 1.81. The lowest BCUT2D eigenvalue weighted by atomic mass is 10.1. The predicted octanol–water partition coefficient (Wildman–Crippen LogP) is 4.03. The molecule has 0 bridgehead atoms. The summed E-state index contributed by atoms with van der Waals surface area (Å²) in [5.41, 5.74) is 2.09. The first-order valence-corrected chi connectivity index (χ1v) is 7.90. The predicted molar refractivity (Wildman–Crippen MR) is 86.1 cm³/mol. The summed E-state index contributed by atoms with van der Waals surface area (Å²) >= 11 is 0. The smallest absolute Gasteiger partial charge is 0.204 e. The van der Waals surface area contributed by atoms with Gasteiger partial charge in [0, 0.05) is 17.3 Å². The molecule has 2 rings (SSSR count). The molecule has 2 aromatic rings. The zero-order chi connectivity index (χ0) is 14.9. The van der Waals surface area contributed by atoms with E-state index >= 15 is 0 Å². The van der Waals surface area contributed by atoms with Crippen LogP contribution >= 0.6 is 0 Å². The molecule has 1 heterocycles. The number of rotatable bonds is 9. The summed E-state index contributed by atoms with van der Waals surface area (Å²) in [7, 11) is 0. The van der Waals surface area contributed by atoms with E-state index < -0.39 is 0 Å². The lowest BCUT2D eigenvalue weighted by Crippen LogP contribution is -2.14. The van der Waals surface area contributed by atoms with E-state index in [4.69, 9.17) is 0 Å². The number of unbranched alkanes of at least 4 members (excludes halogenated alkanes) is 4. The molecule has 0 aliphatic carbocycles. The number of anilines is 1. The Morgan fingerprint density at radius 3 is 2.81 bits per heavy atom. The summed E-state index contributed by atoms with van der Waals surface area (Å²) in [5, 5.41) is 17.6. The topological polar surface area (TPSA) is 66.5 Å². The molecular formula is C16H25N5. The first-order chi connectivity index (χ1) is 10.3. The molecule has 0 fully saturated rings. The van der Waals surface area contributed by atoms with Crippen molar-refractivity contribution in [3.63, 3.8) is 0 Å². The molecule has 1 atom stereocenters. The number of tetrazole rings is 1. The maximum atomic E-state index is 4.01. The monoisotopic (exact) mass is 287 g/mol. The third-order valence-electron chi connectivity index (χ3n) is 3.62. The van der Waals surface area contributed by atoms with Gasteiger partial charge in [0.05, 0.1) is 0 Å². The van der Waals surface area contributed by atoms with Gasteiger partial charge in [-0.15, -0.1) is 10.2 Å². The van der Waals surface area contributed by atoms with E-state index in [1.165, 1.54) is 38.5 Å². The van der Waals surface area contributed by atoms with Crippen molar-refractivity contribution >= 4 is 5.69 Å². The van der Waals surface area contributed by atoms with Crippen molar-refractivity contribution in [3.8, 4) is 11.4 Å². The Morgan fingerprint density at radius 1 is 1.19 bits per heavy atom. The van der Waals surface area contributed by atoms with Gasteiger partial charge in [-0.05, 0) is 30.7 Å². The van der Waals surface area contributed by atoms with E-state index in [1.54, 1.807) is 0 Å². The molecule has 0 saturated carbocycles. The van der Waals surface area contributed by atoms with Crippen LogP contribution in [0.5, 0.6) is 0 Å². The summed E-state index contributed by atoms with van der Waals surface area (Å²) in [6.07, 6.45) is 7.85. The highest BCUT2D eigenvalue weighted by atomic mass is 15.5. The Kier molecular flexibility index (Phi) is 6.19. The van der Waals surface area contributed by atoms with Crippen molar-refractivity contribution in [1.29, 1.82) is 0 Å². The second kappa shape index (κ2) is 8.39. The number of nitrogens with zero attached hydrogens (tertiary/aromatic N) is 3. The van der Waals surface area contributed by atoms with Gasteiger partial charge in [0.25, 0.3) is 0 Å². The van der Waals surface area contributed by atoms with Crippen molar-refractivity contribution in [2.45, 2.75) is 58.4 Å². The van der Waals surface area contributed by atoms with Crippen molar-refractivity contribution in [2.24, 2.45) is 0 Å². The summed E-state index contributed by atoms with van der Waals surface area (Å²) in [6, 6.07) is 8.63. The van der Waals surface area contributed by atoms with Crippen molar-refractivity contribution in [1.82, 2.24) is 20.6 Å². The fraction of sp³-hybridized carbons (Fsp3) is 0.562. The van der Waals surface area contributed by atoms with Crippen LogP contribution in [0.1, 0.15) is 52.4 Å². The van der Waals surface area contributed by atoms with E-state index in [0.717, 1.165) is 11.3 Å². The van der Waals surface area contributed by atoms with Gasteiger partial charge < -0.3 is 5.32 Å². The zero-order valence-electron chi connectivity index (χ0n) is 13.0. The number of hydrogen-bond donors (Lipinski definition) is 2. The van der Waals surface area contributed by atoms with Crippen LogP contribution < -0.4 is 5.32 Å². The van der Waals surface area contributed by atoms with Crippen LogP contribution in [0.4, 0.5) is 5.69 Å². The molecule has 2 N–H and O–H groups in total. The Labute approximate surface area is 126 Å². The van der Waals surface area contributed by atoms with Crippen LogP contribution in [-0.4, -0.2) is 26.7 Å². The van der Waals surface area contributed by atoms with E-state index in [0.29, 0.717) is 11.9 Å². The molecule has 1 unspecified atom stereocenters. The average molecular weight is 287 g/mol. The molecule has 0 spiro atoms. The molecule has 21 heavy (non-hydrogen) atoms. The Hall–Kier alpha value is -1.91. The van der Waals surface area contributed by atoms with Gasteiger partial charge in [0.2, 0.25) is 5.82 Å². The maximum absolute atomic E-state index is 4.01.